The number of hydrogen-bond donors (Lipinski definition) is 3. The number of hydrazone groups is 1. The second-order valence-electron chi connectivity index (χ2n) is 4.37. The van der Waals surface area contributed by atoms with Crippen LogP contribution in [0, 0.1) is 0 Å². The molecule has 20 heavy (non-hydrogen) atoms. The largest absolute Gasteiger partial charge is 0.395 e. The van der Waals surface area contributed by atoms with Gasteiger partial charge in [-0.3, -0.25) is 5.43 Å². The molecule has 0 spiro atoms. The van der Waals surface area contributed by atoms with Crippen molar-refractivity contribution in [3.63, 3.8) is 0 Å². The van der Waals surface area contributed by atoms with Gasteiger partial charge in [-0.05, 0) is 12.8 Å². The molecule has 0 fully saturated rings. The third-order valence-corrected chi connectivity index (χ3v) is 2.77. The quantitative estimate of drug-likeness (QED) is 0.482. The summed E-state index contributed by atoms with van der Waals surface area (Å²) in [6.45, 7) is 4.69. The first-order valence-electron chi connectivity index (χ1n) is 6.90. The summed E-state index contributed by atoms with van der Waals surface area (Å²) in [5.74, 6) is 0.507. The number of aliphatic hydroxyl groups is 1. The third kappa shape index (κ3) is 5.71. The van der Waals surface area contributed by atoms with Gasteiger partial charge in [0.1, 0.15) is 0 Å². The number of nitrogens with zero attached hydrogens (tertiary/aromatic N) is 3. The summed E-state index contributed by atoms with van der Waals surface area (Å²) in [5, 5.41) is 24.4. The molecule has 0 radical (unpaired) electrons. The molecule has 1 rings (SSSR count). The first-order valence-corrected chi connectivity index (χ1v) is 7.28. The molecule has 0 saturated carbocycles. The van der Waals surface area contributed by atoms with Crippen LogP contribution in [0.1, 0.15) is 39.5 Å². The first kappa shape index (κ1) is 16.7. The van der Waals surface area contributed by atoms with Crippen molar-refractivity contribution < 1.29 is 5.11 Å². The van der Waals surface area contributed by atoms with E-state index in [1.54, 1.807) is 6.07 Å². The molecule has 1 aromatic rings. The van der Waals surface area contributed by atoms with Crippen LogP contribution >= 0.6 is 11.6 Å². The summed E-state index contributed by atoms with van der Waals surface area (Å²) in [6, 6.07) is 1.65. The Labute approximate surface area is 124 Å². The maximum absolute atomic E-state index is 8.87. The monoisotopic (exact) mass is 299 g/mol. The van der Waals surface area contributed by atoms with Gasteiger partial charge in [-0.15, -0.1) is 10.2 Å². The Balaban J connectivity index is 2.81. The fraction of sp³-hybridized carbons (Fsp3) is 0.615. The van der Waals surface area contributed by atoms with E-state index in [2.05, 4.69) is 39.9 Å². The third-order valence-electron chi connectivity index (χ3n) is 2.59. The number of anilines is 2. The summed E-state index contributed by atoms with van der Waals surface area (Å²) in [4.78, 5) is 0. The van der Waals surface area contributed by atoms with Gasteiger partial charge in [0.05, 0.1) is 12.3 Å². The van der Waals surface area contributed by atoms with E-state index in [4.69, 9.17) is 16.7 Å². The second-order valence-corrected chi connectivity index (χ2v) is 4.76. The van der Waals surface area contributed by atoms with Crippen molar-refractivity contribution in [3.05, 3.63) is 11.2 Å². The van der Waals surface area contributed by atoms with Crippen LogP contribution in [0.5, 0.6) is 0 Å². The van der Waals surface area contributed by atoms with Crippen LogP contribution in [-0.4, -0.2) is 34.2 Å². The van der Waals surface area contributed by atoms with E-state index in [9.17, 15) is 0 Å². The highest BCUT2D eigenvalue weighted by Gasteiger charge is 2.06. The highest BCUT2D eigenvalue weighted by molar-refractivity contribution is 6.29. The Bertz CT molecular complexity index is 431. The molecule has 7 heteroatoms. The maximum atomic E-state index is 8.87. The lowest BCUT2D eigenvalue weighted by atomic mass is 10.1. The normalized spacial score (nSPS) is 10.2. The van der Waals surface area contributed by atoms with E-state index in [0.29, 0.717) is 23.2 Å². The van der Waals surface area contributed by atoms with Crippen LogP contribution in [-0.2, 0) is 0 Å². The molecule has 112 valence electrons. The zero-order valence-electron chi connectivity index (χ0n) is 12.0. The van der Waals surface area contributed by atoms with Gasteiger partial charge in [-0.25, -0.2) is 0 Å². The van der Waals surface area contributed by atoms with Gasteiger partial charge in [-0.1, -0.05) is 38.3 Å². The molecule has 0 aromatic carbocycles. The number of halogens is 1. The first-order chi connectivity index (χ1) is 9.71. The second kappa shape index (κ2) is 9.50. The van der Waals surface area contributed by atoms with Crippen LogP contribution < -0.4 is 10.7 Å². The van der Waals surface area contributed by atoms with Crippen molar-refractivity contribution in [2.45, 2.75) is 39.5 Å². The molecule has 0 bridgehead atoms. The van der Waals surface area contributed by atoms with Crippen LogP contribution in [0.15, 0.2) is 11.2 Å². The molecular formula is C13H22ClN5O. The van der Waals surface area contributed by atoms with Gasteiger partial charge in [-0.2, -0.15) is 5.10 Å². The number of aliphatic hydroxyl groups excluding tert-OH is 1. The fourth-order valence-electron chi connectivity index (χ4n) is 1.72. The highest BCUT2D eigenvalue weighted by atomic mass is 35.5. The number of hydrogen-bond acceptors (Lipinski definition) is 6. The zero-order chi connectivity index (χ0) is 14.8. The molecule has 1 aromatic heterocycles. The van der Waals surface area contributed by atoms with Crippen molar-refractivity contribution in [1.82, 2.24) is 10.2 Å². The molecule has 0 aliphatic heterocycles. The van der Waals surface area contributed by atoms with Crippen LogP contribution in [0.4, 0.5) is 11.5 Å². The van der Waals surface area contributed by atoms with Crippen molar-refractivity contribution in [3.8, 4) is 0 Å². The Morgan fingerprint density at radius 1 is 1.30 bits per heavy atom. The smallest absolute Gasteiger partial charge is 0.192 e. The molecule has 0 aliphatic carbocycles. The molecule has 1 heterocycles. The Morgan fingerprint density at radius 2 is 2.00 bits per heavy atom. The lowest BCUT2D eigenvalue weighted by Crippen LogP contribution is -2.10. The minimum Gasteiger partial charge on any atom is -0.395 e. The summed E-state index contributed by atoms with van der Waals surface area (Å²) >= 11 is 5.82. The van der Waals surface area contributed by atoms with Crippen molar-refractivity contribution in [2.24, 2.45) is 5.10 Å². The summed E-state index contributed by atoms with van der Waals surface area (Å²) in [6.07, 6.45) is 4.04. The highest BCUT2D eigenvalue weighted by Crippen LogP contribution is 2.21. The minimum atomic E-state index is 0.0274. The molecule has 0 amide bonds. The van der Waals surface area contributed by atoms with Gasteiger partial charge in [0, 0.05) is 18.3 Å². The van der Waals surface area contributed by atoms with E-state index in [-0.39, 0.29) is 6.61 Å². The summed E-state index contributed by atoms with van der Waals surface area (Å²) in [5.41, 5.74) is 4.72. The van der Waals surface area contributed by atoms with Gasteiger partial charge in [0.2, 0.25) is 0 Å². The van der Waals surface area contributed by atoms with Gasteiger partial charge in [0.25, 0.3) is 0 Å². The SMILES string of the molecule is CCCC(CCC)=NNc1nnc(Cl)cc1NCCO. The molecule has 3 N–H and O–H groups in total. The Kier molecular flexibility index (Phi) is 7.91. The number of rotatable bonds is 9. The lowest BCUT2D eigenvalue weighted by molar-refractivity contribution is 0.311. The number of aromatic nitrogens is 2. The summed E-state index contributed by atoms with van der Waals surface area (Å²) < 4.78 is 0. The van der Waals surface area contributed by atoms with E-state index >= 15 is 0 Å². The average Bonchev–Trinajstić information content (AvgIpc) is 2.44. The van der Waals surface area contributed by atoms with Crippen molar-refractivity contribution >= 4 is 28.8 Å². The Morgan fingerprint density at radius 3 is 2.60 bits per heavy atom. The van der Waals surface area contributed by atoms with Crippen molar-refractivity contribution in [1.29, 1.82) is 0 Å². The van der Waals surface area contributed by atoms with E-state index in [1.165, 1.54) is 0 Å². The van der Waals surface area contributed by atoms with Gasteiger partial charge >= 0.3 is 0 Å². The molecular weight excluding hydrogens is 278 g/mol. The minimum absolute atomic E-state index is 0.0274. The predicted octanol–water partition coefficient (Wildman–Crippen LogP) is 2.90. The number of nitrogens with one attached hydrogen (secondary N) is 2. The molecule has 0 saturated heterocycles. The van der Waals surface area contributed by atoms with E-state index in [0.717, 1.165) is 31.4 Å². The summed E-state index contributed by atoms with van der Waals surface area (Å²) in [7, 11) is 0. The maximum Gasteiger partial charge on any atom is 0.192 e. The van der Waals surface area contributed by atoms with Gasteiger partial charge in [0.15, 0.2) is 11.0 Å². The van der Waals surface area contributed by atoms with E-state index in [1.807, 2.05) is 0 Å². The van der Waals surface area contributed by atoms with Crippen LogP contribution in [0.3, 0.4) is 0 Å². The molecule has 6 nitrogen and oxygen atoms in total. The molecule has 0 aliphatic rings. The van der Waals surface area contributed by atoms with Gasteiger partial charge < -0.3 is 10.4 Å². The fourth-order valence-corrected chi connectivity index (χ4v) is 1.87. The predicted molar refractivity (Wildman–Crippen MR) is 83.5 cm³/mol. The van der Waals surface area contributed by atoms with Crippen LogP contribution in [0.25, 0.3) is 0 Å². The lowest BCUT2D eigenvalue weighted by Gasteiger charge is -2.10. The van der Waals surface area contributed by atoms with E-state index < -0.39 is 0 Å². The molecule has 0 unspecified atom stereocenters. The molecule has 0 atom stereocenters. The Hall–Kier alpha value is -1.40. The zero-order valence-corrected chi connectivity index (χ0v) is 12.7. The topological polar surface area (TPSA) is 82.4 Å². The average molecular weight is 300 g/mol. The van der Waals surface area contributed by atoms with Crippen LogP contribution in [0.2, 0.25) is 5.15 Å². The van der Waals surface area contributed by atoms with Crippen molar-refractivity contribution in [2.75, 3.05) is 23.9 Å². The standard InChI is InChI=1S/C13H22ClN5O/c1-3-5-10(6-4-2)16-18-13-11(15-7-8-20)9-12(14)17-19-13/h9,20H,3-8H2,1-2H3,(H,15,17)(H,18,19).